The van der Waals surface area contributed by atoms with E-state index in [-0.39, 0.29) is 6.10 Å². The molecule has 0 amide bonds. The first-order chi connectivity index (χ1) is 12.7. The molecule has 0 radical (unpaired) electrons. The molecule has 2 saturated carbocycles. The molecule has 150 valence electrons. The average molecular weight is 365 g/mol. The lowest BCUT2D eigenvalue weighted by molar-refractivity contribution is 0.136. The molecule has 2 atom stereocenters. The van der Waals surface area contributed by atoms with Gasteiger partial charge in [0.15, 0.2) is 5.96 Å². The molecule has 3 rings (SSSR count). The van der Waals surface area contributed by atoms with Crippen LogP contribution in [-0.4, -0.2) is 60.8 Å². The lowest BCUT2D eigenvalue weighted by Crippen LogP contribution is -2.49. The lowest BCUT2D eigenvalue weighted by Gasteiger charge is -2.36. The maximum absolute atomic E-state index is 10.0. The fourth-order valence-corrected chi connectivity index (χ4v) is 4.95. The van der Waals surface area contributed by atoms with Crippen molar-refractivity contribution in [2.24, 2.45) is 16.8 Å². The largest absolute Gasteiger partial charge is 0.393 e. The van der Waals surface area contributed by atoms with Gasteiger partial charge in [0.25, 0.3) is 0 Å². The summed E-state index contributed by atoms with van der Waals surface area (Å²) in [5, 5.41) is 17.0. The molecule has 0 bridgehead atoms. The molecule has 3 N–H and O–H groups in total. The van der Waals surface area contributed by atoms with Gasteiger partial charge in [0.2, 0.25) is 0 Å². The van der Waals surface area contributed by atoms with E-state index in [1.54, 1.807) is 0 Å². The highest BCUT2D eigenvalue weighted by Crippen LogP contribution is 2.26. The van der Waals surface area contributed by atoms with Gasteiger partial charge in [-0.2, -0.15) is 0 Å². The fraction of sp³-hybridized carbons (Fsp3) is 0.952. The van der Waals surface area contributed by atoms with Crippen molar-refractivity contribution in [2.75, 3.05) is 32.7 Å². The predicted molar refractivity (Wildman–Crippen MR) is 108 cm³/mol. The first-order valence-corrected chi connectivity index (χ1v) is 11.2. The van der Waals surface area contributed by atoms with Crippen molar-refractivity contribution in [3.8, 4) is 0 Å². The van der Waals surface area contributed by atoms with E-state index in [0.29, 0.717) is 12.0 Å². The van der Waals surface area contributed by atoms with Gasteiger partial charge >= 0.3 is 0 Å². The number of aliphatic hydroxyl groups excluding tert-OH is 1. The predicted octanol–water partition coefficient (Wildman–Crippen LogP) is 2.75. The SMILES string of the molecule is CCNC(=NCC1CCCC1O)NC1CCN(CC2CCCCC2)CC1. The Kier molecular flexibility index (Phi) is 8.06. The van der Waals surface area contributed by atoms with E-state index >= 15 is 0 Å². The van der Waals surface area contributed by atoms with E-state index in [1.807, 2.05) is 0 Å². The minimum absolute atomic E-state index is 0.148. The Morgan fingerprint density at radius 2 is 1.77 bits per heavy atom. The fourth-order valence-electron chi connectivity index (χ4n) is 4.95. The maximum atomic E-state index is 10.0. The van der Waals surface area contributed by atoms with Crippen molar-refractivity contribution < 1.29 is 5.11 Å². The monoisotopic (exact) mass is 364 g/mol. The molecule has 1 heterocycles. The van der Waals surface area contributed by atoms with Crippen LogP contribution in [0.3, 0.4) is 0 Å². The van der Waals surface area contributed by atoms with Crippen molar-refractivity contribution in [1.29, 1.82) is 0 Å². The number of rotatable bonds is 6. The summed E-state index contributed by atoms with van der Waals surface area (Å²) >= 11 is 0. The molecule has 5 heteroatoms. The molecular weight excluding hydrogens is 324 g/mol. The van der Waals surface area contributed by atoms with Crippen molar-refractivity contribution in [2.45, 2.75) is 83.3 Å². The molecule has 0 aromatic carbocycles. The minimum atomic E-state index is -0.148. The highest BCUT2D eigenvalue weighted by atomic mass is 16.3. The number of hydrogen-bond donors (Lipinski definition) is 3. The Morgan fingerprint density at radius 1 is 1.00 bits per heavy atom. The molecule has 3 aliphatic rings. The first-order valence-electron chi connectivity index (χ1n) is 11.2. The van der Waals surface area contributed by atoms with Gasteiger partial charge in [-0.25, -0.2) is 0 Å². The van der Waals surface area contributed by atoms with Gasteiger partial charge in [0, 0.05) is 44.7 Å². The molecular formula is C21H40N4O. The van der Waals surface area contributed by atoms with Gasteiger partial charge in [-0.05, 0) is 51.4 Å². The number of nitrogens with zero attached hydrogens (tertiary/aromatic N) is 2. The standard InChI is InChI=1S/C21H40N4O/c1-2-22-21(23-15-18-9-6-10-20(18)26)24-19-11-13-25(14-12-19)16-17-7-4-3-5-8-17/h17-20,26H,2-16H2,1H3,(H2,22,23,24). The molecule has 1 aliphatic heterocycles. The summed E-state index contributed by atoms with van der Waals surface area (Å²) in [6, 6.07) is 0.531. The Bertz CT molecular complexity index is 428. The summed E-state index contributed by atoms with van der Waals surface area (Å²) < 4.78 is 0. The number of likely N-dealkylation sites (tertiary alicyclic amines) is 1. The van der Waals surface area contributed by atoms with Gasteiger partial charge in [-0.15, -0.1) is 0 Å². The van der Waals surface area contributed by atoms with Crippen LogP contribution < -0.4 is 10.6 Å². The number of aliphatic hydroxyl groups is 1. The zero-order valence-corrected chi connectivity index (χ0v) is 16.8. The number of guanidine groups is 1. The van der Waals surface area contributed by atoms with Gasteiger partial charge in [0.05, 0.1) is 6.10 Å². The van der Waals surface area contributed by atoms with Crippen molar-refractivity contribution >= 4 is 5.96 Å². The van der Waals surface area contributed by atoms with Crippen LogP contribution in [0.2, 0.25) is 0 Å². The molecule has 1 saturated heterocycles. The number of hydrogen-bond acceptors (Lipinski definition) is 3. The second-order valence-corrected chi connectivity index (χ2v) is 8.70. The smallest absolute Gasteiger partial charge is 0.191 e. The van der Waals surface area contributed by atoms with Crippen molar-refractivity contribution in [3.63, 3.8) is 0 Å². The first kappa shape index (κ1) is 19.9. The third-order valence-electron chi connectivity index (χ3n) is 6.62. The zero-order valence-electron chi connectivity index (χ0n) is 16.8. The summed E-state index contributed by atoms with van der Waals surface area (Å²) in [7, 11) is 0. The number of nitrogens with one attached hydrogen (secondary N) is 2. The number of aliphatic imine (C=N–C) groups is 1. The minimum Gasteiger partial charge on any atom is -0.393 e. The maximum Gasteiger partial charge on any atom is 0.191 e. The normalized spacial score (nSPS) is 29.8. The molecule has 0 spiro atoms. The topological polar surface area (TPSA) is 59.9 Å². The molecule has 26 heavy (non-hydrogen) atoms. The van der Waals surface area contributed by atoms with Crippen molar-refractivity contribution in [1.82, 2.24) is 15.5 Å². The molecule has 2 aliphatic carbocycles. The summed E-state index contributed by atoms with van der Waals surface area (Å²) in [6.07, 6.45) is 12.7. The molecule has 3 fully saturated rings. The van der Waals surface area contributed by atoms with E-state index in [0.717, 1.165) is 44.2 Å². The van der Waals surface area contributed by atoms with Crippen LogP contribution in [0.25, 0.3) is 0 Å². The zero-order chi connectivity index (χ0) is 18.2. The van der Waals surface area contributed by atoms with Crippen LogP contribution in [0, 0.1) is 11.8 Å². The molecule has 0 aromatic heterocycles. The van der Waals surface area contributed by atoms with Crippen molar-refractivity contribution in [3.05, 3.63) is 0 Å². The van der Waals surface area contributed by atoms with Crippen LogP contribution in [0.1, 0.15) is 71.1 Å². The van der Waals surface area contributed by atoms with Gasteiger partial charge in [-0.3, -0.25) is 4.99 Å². The highest BCUT2D eigenvalue weighted by molar-refractivity contribution is 5.80. The van der Waals surface area contributed by atoms with Gasteiger partial charge in [-0.1, -0.05) is 25.7 Å². The second kappa shape index (κ2) is 10.5. The van der Waals surface area contributed by atoms with E-state index in [9.17, 15) is 5.11 Å². The summed E-state index contributed by atoms with van der Waals surface area (Å²) in [5.41, 5.74) is 0. The van der Waals surface area contributed by atoms with Crippen LogP contribution in [0.5, 0.6) is 0 Å². The van der Waals surface area contributed by atoms with Crippen LogP contribution in [0.4, 0.5) is 0 Å². The molecule has 0 aromatic rings. The third kappa shape index (κ3) is 6.12. The van der Waals surface area contributed by atoms with Crippen LogP contribution in [0.15, 0.2) is 4.99 Å². The number of piperidine rings is 1. The van der Waals surface area contributed by atoms with E-state index in [2.05, 4.69) is 22.5 Å². The summed E-state index contributed by atoms with van der Waals surface area (Å²) in [6.45, 7) is 7.51. The van der Waals surface area contributed by atoms with Gasteiger partial charge < -0.3 is 20.6 Å². The molecule has 2 unspecified atom stereocenters. The van der Waals surface area contributed by atoms with Gasteiger partial charge in [0.1, 0.15) is 0 Å². The quantitative estimate of drug-likeness (QED) is 0.501. The Balaban J connectivity index is 1.40. The Morgan fingerprint density at radius 3 is 2.42 bits per heavy atom. The highest BCUT2D eigenvalue weighted by Gasteiger charge is 2.26. The Hall–Kier alpha value is -0.810. The Labute approximate surface area is 160 Å². The van der Waals surface area contributed by atoms with Crippen LogP contribution >= 0.6 is 0 Å². The summed E-state index contributed by atoms with van der Waals surface area (Å²) in [4.78, 5) is 7.46. The van der Waals surface area contributed by atoms with Crippen LogP contribution in [-0.2, 0) is 0 Å². The average Bonchev–Trinajstić information content (AvgIpc) is 3.07. The molecule has 5 nitrogen and oxygen atoms in total. The van der Waals surface area contributed by atoms with E-state index in [4.69, 9.17) is 4.99 Å². The second-order valence-electron chi connectivity index (χ2n) is 8.70. The van der Waals surface area contributed by atoms with E-state index in [1.165, 1.54) is 64.6 Å². The third-order valence-corrected chi connectivity index (χ3v) is 6.62. The van der Waals surface area contributed by atoms with E-state index < -0.39 is 0 Å². The lowest BCUT2D eigenvalue weighted by atomic mass is 9.88. The summed E-state index contributed by atoms with van der Waals surface area (Å²) in [5.74, 6) is 2.24.